The van der Waals surface area contributed by atoms with Crippen LogP contribution >= 0.6 is 11.6 Å². The molecule has 0 saturated heterocycles. The summed E-state index contributed by atoms with van der Waals surface area (Å²) in [5, 5.41) is 4.25. The van der Waals surface area contributed by atoms with Crippen LogP contribution in [0.1, 0.15) is 55.0 Å². The van der Waals surface area contributed by atoms with Crippen molar-refractivity contribution >= 4 is 23.3 Å². The van der Waals surface area contributed by atoms with Crippen LogP contribution in [0.15, 0.2) is 42.6 Å². The number of benzene rings is 1. The molecule has 4 rings (SSSR count). The lowest BCUT2D eigenvalue weighted by Gasteiger charge is -2.34. The zero-order valence-corrected chi connectivity index (χ0v) is 21.8. The van der Waals surface area contributed by atoms with Crippen molar-refractivity contribution in [2.24, 2.45) is 5.92 Å². The van der Waals surface area contributed by atoms with Crippen LogP contribution in [0.2, 0.25) is 5.02 Å². The van der Waals surface area contributed by atoms with Gasteiger partial charge in [0.1, 0.15) is 11.5 Å². The zero-order chi connectivity index (χ0) is 25.2. The summed E-state index contributed by atoms with van der Waals surface area (Å²) >= 11 is 5.90. The lowest BCUT2D eigenvalue weighted by molar-refractivity contribution is -0.127. The minimum atomic E-state index is -0.0106. The summed E-state index contributed by atoms with van der Waals surface area (Å²) in [5.74, 6) is 1.45. The fourth-order valence-electron chi connectivity index (χ4n) is 4.37. The van der Waals surface area contributed by atoms with Crippen LogP contribution in [0.5, 0.6) is 0 Å². The van der Waals surface area contributed by atoms with Crippen molar-refractivity contribution in [3.8, 4) is 0 Å². The topological polar surface area (TPSA) is 76.5 Å². The first-order valence-electron chi connectivity index (χ1n) is 12.4. The first-order chi connectivity index (χ1) is 16.9. The molecule has 190 valence electrons. The standard InChI is InChI=1S/C18H26N4O3.C9H11Cl/c1-13(23)16-11-20-17-12-21(6-7-22(16)17)18(24)4-3-5-19-10-14-8-15(9-14)25-2;1-2-5-8-6-3-4-7-9(8)10/h3-4,11,14-15,19H,5-10,12H2,1-2H3;3-4,6-7H,2,5H2,1H3/b4-3+;. The van der Waals surface area contributed by atoms with Crippen LogP contribution < -0.4 is 5.32 Å². The maximum atomic E-state index is 12.3. The predicted octanol–water partition coefficient (Wildman–Crippen LogP) is 4.29. The Bertz CT molecular complexity index is 1010. The number of Topliss-reactive ketones (excluding diaryl/α,β-unsaturated/α-hetero) is 1. The van der Waals surface area contributed by atoms with E-state index >= 15 is 0 Å². The molecule has 0 unspecified atom stereocenters. The number of hydrogen-bond donors (Lipinski definition) is 1. The number of ether oxygens (including phenoxy) is 1. The molecule has 2 heterocycles. The van der Waals surface area contributed by atoms with E-state index in [9.17, 15) is 9.59 Å². The van der Waals surface area contributed by atoms with Gasteiger partial charge in [0.05, 0.1) is 18.8 Å². The second kappa shape index (κ2) is 13.6. The Morgan fingerprint density at radius 2 is 2.03 bits per heavy atom. The summed E-state index contributed by atoms with van der Waals surface area (Å²) in [5.41, 5.74) is 1.88. The molecule has 1 aromatic heterocycles. The lowest BCUT2D eigenvalue weighted by atomic mass is 9.82. The number of aryl methyl sites for hydroxylation is 1. The third-order valence-electron chi connectivity index (χ3n) is 6.50. The minimum absolute atomic E-state index is 0.00720. The van der Waals surface area contributed by atoms with Crippen molar-refractivity contribution in [3.63, 3.8) is 0 Å². The molecule has 0 radical (unpaired) electrons. The van der Waals surface area contributed by atoms with E-state index in [2.05, 4.69) is 23.3 Å². The van der Waals surface area contributed by atoms with Crippen molar-refractivity contribution in [1.82, 2.24) is 19.8 Å². The molecule has 2 aromatic rings. The highest BCUT2D eigenvalue weighted by Crippen LogP contribution is 2.28. The lowest BCUT2D eigenvalue weighted by Crippen LogP contribution is -2.38. The number of fused-ring (bicyclic) bond motifs is 1. The highest BCUT2D eigenvalue weighted by Gasteiger charge is 2.28. The van der Waals surface area contributed by atoms with E-state index in [1.807, 2.05) is 28.8 Å². The Morgan fingerprint density at radius 3 is 2.71 bits per heavy atom. The number of amides is 1. The number of nitrogens with one attached hydrogen (secondary N) is 1. The molecule has 8 heteroatoms. The summed E-state index contributed by atoms with van der Waals surface area (Å²) in [7, 11) is 1.76. The molecule has 7 nitrogen and oxygen atoms in total. The third-order valence-corrected chi connectivity index (χ3v) is 6.86. The van der Waals surface area contributed by atoms with E-state index in [0.29, 0.717) is 43.9 Å². The maximum Gasteiger partial charge on any atom is 0.246 e. The van der Waals surface area contributed by atoms with Crippen LogP contribution in [0.3, 0.4) is 0 Å². The highest BCUT2D eigenvalue weighted by atomic mass is 35.5. The van der Waals surface area contributed by atoms with Crippen LogP contribution in [0, 0.1) is 5.92 Å². The molecule has 0 atom stereocenters. The molecule has 1 amide bonds. The molecule has 1 aromatic carbocycles. The van der Waals surface area contributed by atoms with E-state index in [1.165, 1.54) is 12.5 Å². The molecule has 1 aliphatic carbocycles. The Hall–Kier alpha value is -2.48. The van der Waals surface area contributed by atoms with Gasteiger partial charge in [0.15, 0.2) is 5.78 Å². The Morgan fingerprint density at radius 1 is 1.26 bits per heavy atom. The molecule has 1 saturated carbocycles. The second-order valence-electron chi connectivity index (χ2n) is 9.12. The SMILES string of the molecule is CCCc1ccccc1Cl.COC1CC(CNC/C=C/C(=O)N2CCn3c(C(C)=O)cnc3C2)C1. The first kappa shape index (κ1) is 27.1. The average Bonchev–Trinajstić information content (AvgIpc) is 3.25. The summed E-state index contributed by atoms with van der Waals surface area (Å²) < 4.78 is 7.17. The zero-order valence-electron chi connectivity index (χ0n) is 21.0. The van der Waals surface area contributed by atoms with Gasteiger partial charge in [-0.1, -0.05) is 49.2 Å². The fraction of sp³-hybridized carbons (Fsp3) is 0.519. The molecule has 1 fully saturated rings. The number of hydrogen-bond acceptors (Lipinski definition) is 5. The van der Waals surface area contributed by atoms with Gasteiger partial charge in [0.2, 0.25) is 5.91 Å². The molecule has 35 heavy (non-hydrogen) atoms. The van der Waals surface area contributed by atoms with Gasteiger partial charge >= 0.3 is 0 Å². The van der Waals surface area contributed by atoms with Crippen molar-refractivity contribution in [3.05, 3.63) is 64.7 Å². The van der Waals surface area contributed by atoms with Crippen molar-refractivity contribution in [2.45, 2.75) is 58.7 Å². The smallest absolute Gasteiger partial charge is 0.246 e. The number of carbonyl (C=O) groups is 2. The number of nitrogens with zero attached hydrogens (tertiary/aromatic N) is 3. The normalized spacial score (nSPS) is 19.0. The number of halogens is 1. The summed E-state index contributed by atoms with van der Waals surface area (Å²) in [6.07, 6.45) is 10.00. The highest BCUT2D eigenvalue weighted by molar-refractivity contribution is 6.31. The van der Waals surface area contributed by atoms with Gasteiger partial charge in [-0.15, -0.1) is 0 Å². The maximum absolute atomic E-state index is 12.3. The molecule has 0 bridgehead atoms. The number of ketones is 1. The molecular formula is C27H37ClN4O3. The van der Waals surface area contributed by atoms with Crippen molar-refractivity contribution in [2.75, 3.05) is 26.7 Å². The van der Waals surface area contributed by atoms with Gasteiger partial charge in [-0.2, -0.15) is 0 Å². The summed E-state index contributed by atoms with van der Waals surface area (Å²) in [6.45, 7) is 7.01. The van der Waals surface area contributed by atoms with E-state index in [0.717, 1.165) is 43.1 Å². The fourth-order valence-corrected chi connectivity index (χ4v) is 4.60. The Kier molecular flexibility index (Phi) is 10.5. The van der Waals surface area contributed by atoms with Gasteiger partial charge < -0.3 is 19.5 Å². The van der Waals surface area contributed by atoms with Crippen LogP contribution in [0.4, 0.5) is 0 Å². The molecular weight excluding hydrogens is 464 g/mol. The van der Waals surface area contributed by atoms with Gasteiger partial charge in [0.25, 0.3) is 0 Å². The largest absolute Gasteiger partial charge is 0.381 e. The van der Waals surface area contributed by atoms with E-state index in [4.69, 9.17) is 16.3 Å². The average molecular weight is 501 g/mol. The van der Waals surface area contributed by atoms with Gasteiger partial charge in [0, 0.05) is 44.8 Å². The summed E-state index contributed by atoms with van der Waals surface area (Å²) in [6, 6.07) is 8.00. The van der Waals surface area contributed by atoms with Crippen LogP contribution in [0.25, 0.3) is 0 Å². The van der Waals surface area contributed by atoms with Crippen molar-refractivity contribution < 1.29 is 14.3 Å². The van der Waals surface area contributed by atoms with Crippen molar-refractivity contribution in [1.29, 1.82) is 0 Å². The molecule has 1 N–H and O–H groups in total. The molecule has 0 spiro atoms. The molecule has 1 aliphatic heterocycles. The summed E-state index contributed by atoms with van der Waals surface area (Å²) in [4.78, 5) is 29.9. The first-order valence-corrected chi connectivity index (χ1v) is 12.8. The number of carbonyl (C=O) groups excluding carboxylic acids is 2. The van der Waals surface area contributed by atoms with E-state index in [-0.39, 0.29) is 11.7 Å². The van der Waals surface area contributed by atoms with Gasteiger partial charge in [-0.25, -0.2) is 4.98 Å². The van der Waals surface area contributed by atoms with E-state index in [1.54, 1.807) is 24.3 Å². The monoisotopic (exact) mass is 500 g/mol. The van der Waals surface area contributed by atoms with Crippen LogP contribution in [-0.2, 0) is 29.0 Å². The predicted molar refractivity (Wildman–Crippen MR) is 139 cm³/mol. The number of rotatable bonds is 9. The van der Waals surface area contributed by atoms with Gasteiger partial charge in [-0.3, -0.25) is 9.59 Å². The molecule has 2 aliphatic rings. The van der Waals surface area contributed by atoms with Crippen LogP contribution in [-0.4, -0.2) is 59.0 Å². The van der Waals surface area contributed by atoms with E-state index < -0.39 is 0 Å². The third kappa shape index (κ3) is 7.75. The minimum Gasteiger partial charge on any atom is -0.381 e. The van der Waals surface area contributed by atoms with Gasteiger partial charge in [-0.05, 0) is 43.4 Å². The Labute approximate surface area is 213 Å². The quantitative estimate of drug-likeness (QED) is 0.316. The number of methoxy groups -OCH3 is 1. The number of imidazole rings is 1. The Balaban J connectivity index is 0.000000287. The number of aromatic nitrogens is 2. The second-order valence-corrected chi connectivity index (χ2v) is 9.53.